The maximum atomic E-state index is 12.1. The lowest BCUT2D eigenvalue weighted by Gasteiger charge is -2.19. The van der Waals surface area contributed by atoms with Crippen LogP contribution in [0.4, 0.5) is 16.6 Å². The van der Waals surface area contributed by atoms with E-state index in [1.54, 1.807) is 13.1 Å². The van der Waals surface area contributed by atoms with E-state index >= 15 is 0 Å². The number of carbonyl (C=O) groups excluding carboxylic acids is 1. The molecule has 0 aliphatic rings. The van der Waals surface area contributed by atoms with Crippen LogP contribution in [0.3, 0.4) is 0 Å². The zero-order valence-electron chi connectivity index (χ0n) is 12.4. The molecule has 2 aromatic heterocycles. The van der Waals surface area contributed by atoms with Crippen LogP contribution >= 0.6 is 11.3 Å². The Morgan fingerprint density at radius 3 is 2.57 bits per heavy atom. The van der Waals surface area contributed by atoms with Crippen LogP contribution in [-0.2, 0) is 0 Å². The number of thiazole rings is 1. The SMILES string of the molecule is CCN(CC)c1ccc(NC(=O)c2sc(N)nc2C)cn1. The van der Waals surface area contributed by atoms with Crippen molar-refractivity contribution < 1.29 is 4.79 Å². The molecule has 0 bridgehead atoms. The van der Waals surface area contributed by atoms with Crippen LogP contribution in [0.1, 0.15) is 29.2 Å². The molecule has 3 N–H and O–H groups in total. The van der Waals surface area contributed by atoms with E-state index in [0.717, 1.165) is 18.9 Å². The Bertz CT molecular complexity index is 619. The number of aromatic nitrogens is 2. The first-order chi connectivity index (χ1) is 10.0. The van der Waals surface area contributed by atoms with Gasteiger partial charge in [0, 0.05) is 13.1 Å². The Balaban J connectivity index is 2.10. The van der Waals surface area contributed by atoms with Gasteiger partial charge >= 0.3 is 0 Å². The van der Waals surface area contributed by atoms with Crippen molar-refractivity contribution in [1.29, 1.82) is 0 Å². The fraction of sp³-hybridized carbons (Fsp3) is 0.357. The number of aryl methyl sites for hydroxylation is 1. The summed E-state index contributed by atoms with van der Waals surface area (Å²) in [4.78, 5) is 23.2. The summed E-state index contributed by atoms with van der Waals surface area (Å²) in [5, 5.41) is 3.21. The second-order valence-electron chi connectivity index (χ2n) is 4.50. The van der Waals surface area contributed by atoms with E-state index in [1.807, 2.05) is 12.1 Å². The molecule has 6 nitrogen and oxygen atoms in total. The maximum absolute atomic E-state index is 12.1. The third-order valence-electron chi connectivity index (χ3n) is 3.11. The highest BCUT2D eigenvalue weighted by Crippen LogP contribution is 2.21. The molecular weight excluding hydrogens is 286 g/mol. The molecule has 0 unspecified atom stereocenters. The second kappa shape index (κ2) is 6.53. The molecular formula is C14H19N5OS. The van der Waals surface area contributed by atoms with E-state index in [4.69, 9.17) is 5.73 Å². The first kappa shape index (κ1) is 15.2. The lowest BCUT2D eigenvalue weighted by atomic mass is 10.3. The molecule has 2 aromatic rings. The number of pyridine rings is 1. The zero-order valence-corrected chi connectivity index (χ0v) is 13.2. The monoisotopic (exact) mass is 305 g/mol. The highest BCUT2D eigenvalue weighted by atomic mass is 32.1. The Hall–Kier alpha value is -2.15. The standard InChI is InChI=1S/C14H19N5OS/c1-4-19(5-2)11-7-6-10(8-16-11)18-13(20)12-9(3)17-14(15)21-12/h6-8H,4-5H2,1-3H3,(H2,15,17)(H,18,20). The number of hydrogen-bond donors (Lipinski definition) is 2. The summed E-state index contributed by atoms with van der Waals surface area (Å²) in [5.41, 5.74) is 6.90. The third-order valence-corrected chi connectivity index (χ3v) is 4.10. The molecule has 0 spiro atoms. The summed E-state index contributed by atoms with van der Waals surface area (Å²) in [5.74, 6) is 0.690. The van der Waals surface area contributed by atoms with Crippen LogP contribution in [0.2, 0.25) is 0 Å². The number of amides is 1. The van der Waals surface area contributed by atoms with Gasteiger partial charge in [0.1, 0.15) is 10.7 Å². The van der Waals surface area contributed by atoms with Crippen molar-refractivity contribution >= 4 is 33.9 Å². The van der Waals surface area contributed by atoms with Crippen LogP contribution in [0.25, 0.3) is 0 Å². The normalized spacial score (nSPS) is 10.4. The predicted octanol–water partition coefficient (Wildman–Crippen LogP) is 2.53. The zero-order chi connectivity index (χ0) is 15.4. The highest BCUT2D eigenvalue weighted by molar-refractivity contribution is 7.17. The quantitative estimate of drug-likeness (QED) is 0.886. The van der Waals surface area contributed by atoms with Gasteiger partial charge < -0.3 is 16.0 Å². The molecule has 21 heavy (non-hydrogen) atoms. The summed E-state index contributed by atoms with van der Waals surface area (Å²) in [6.07, 6.45) is 1.66. The number of nitrogens with two attached hydrogens (primary N) is 1. The van der Waals surface area contributed by atoms with Crippen LogP contribution < -0.4 is 16.0 Å². The fourth-order valence-corrected chi connectivity index (χ4v) is 2.74. The van der Waals surface area contributed by atoms with E-state index in [1.165, 1.54) is 11.3 Å². The average Bonchev–Trinajstić information content (AvgIpc) is 2.81. The first-order valence-corrected chi connectivity index (χ1v) is 7.62. The molecule has 0 aliphatic heterocycles. The average molecular weight is 305 g/mol. The van der Waals surface area contributed by atoms with Crippen molar-refractivity contribution in [2.24, 2.45) is 0 Å². The molecule has 0 aromatic carbocycles. The maximum Gasteiger partial charge on any atom is 0.267 e. The number of nitrogens with one attached hydrogen (secondary N) is 1. The van der Waals surface area contributed by atoms with Gasteiger partial charge in [-0.1, -0.05) is 11.3 Å². The second-order valence-corrected chi connectivity index (χ2v) is 5.53. The van der Waals surface area contributed by atoms with Crippen molar-refractivity contribution in [2.45, 2.75) is 20.8 Å². The molecule has 7 heteroatoms. The largest absolute Gasteiger partial charge is 0.375 e. The minimum Gasteiger partial charge on any atom is -0.375 e. The Morgan fingerprint density at radius 1 is 1.38 bits per heavy atom. The van der Waals surface area contributed by atoms with Crippen LogP contribution in [-0.4, -0.2) is 29.0 Å². The van der Waals surface area contributed by atoms with E-state index < -0.39 is 0 Å². The lowest BCUT2D eigenvalue weighted by Crippen LogP contribution is -2.22. The highest BCUT2D eigenvalue weighted by Gasteiger charge is 2.14. The summed E-state index contributed by atoms with van der Waals surface area (Å²) >= 11 is 1.18. The van der Waals surface area contributed by atoms with Gasteiger partial charge in [-0.3, -0.25) is 4.79 Å². The van der Waals surface area contributed by atoms with Gasteiger partial charge in [0.15, 0.2) is 5.13 Å². The van der Waals surface area contributed by atoms with Gasteiger partial charge in [-0.05, 0) is 32.9 Å². The van der Waals surface area contributed by atoms with Crippen molar-refractivity contribution in [3.63, 3.8) is 0 Å². The molecule has 2 rings (SSSR count). The number of hydrogen-bond acceptors (Lipinski definition) is 6. The Morgan fingerprint density at radius 2 is 2.10 bits per heavy atom. The minimum atomic E-state index is -0.209. The molecule has 0 saturated carbocycles. The molecule has 0 fully saturated rings. The molecule has 112 valence electrons. The predicted molar refractivity (Wildman–Crippen MR) is 87.0 cm³/mol. The Labute approximate surface area is 128 Å². The van der Waals surface area contributed by atoms with Crippen LogP contribution in [0.5, 0.6) is 0 Å². The van der Waals surface area contributed by atoms with Crippen LogP contribution in [0, 0.1) is 6.92 Å². The number of anilines is 3. The number of nitrogens with zero attached hydrogens (tertiary/aromatic N) is 3. The molecule has 0 aliphatic carbocycles. The molecule has 2 heterocycles. The Kier molecular flexibility index (Phi) is 4.74. The van der Waals surface area contributed by atoms with Gasteiger partial charge in [-0.15, -0.1) is 0 Å². The number of nitrogen functional groups attached to an aromatic ring is 1. The fourth-order valence-electron chi connectivity index (χ4n) is 2.01. The van der Waals surface area contributed by atoms with Crippen LogP contribution in [0.15, 0.2) is 18.3 Å². The van der Waals surface area contributed by atoms with Crippen molar-refractivity contribution in [2.75, 3.05) is 29.0 Å². The summed E-state index contributed by atoms with van der Waals surface area (Å²) in [6, 6.07) is 3.74. The van der Waals surface area contributed by atoms with Gasteiger partial charge in [0.25, 0.3) is 5.91 Å². The molecule has 0 radical (unpaired) electrons. The smallest absolute Gasteiger partial charge is 0.267 e. The molecule has 0 atom stereocenters. The molecule has 0 saturated heterocycles. The van der Waals surface area contributed by atoms with E-state index in [2.05, 4.69) is 34.0 Å². The number of carbonyl (C=O) groups is 1. The first-order valence-electron chi connectivity index (χ1n) is 6.80. The summed E-state index contributed by atoms with van der Waals surface area (Å²) < 4.78 is 0. The van der Waals surface area contributed by atoms with E-state index in [-0.39, 0.29) is 5.91 Å². The van der Waals surface area contributed by atoms with Crippen molar-refractivity contribution in [3.05, 3.63) is 28.9 Å². The van der Waals surface area contributed by atoms with Gasteiger partial charge in [-0.25, -0.2) is 9.97 Å². The molecule has 1 amide bonds. The topological polar surface area (TPSA) is 84.1 Å². The van der Waals surface area contributed by atoms with Gasteiger partial charge in [-0.2, -0.15) is 0 Å². The van der Waals surface area contributed by atoms with E-state index in [0.29, 0.717) is 21.4 Å². The summed E-state index contributed by atoms with van der Waals surface area (Å²) in [6.45, 7) is 7.72. The number of rotatable bonds is 5. The van der Waals surface area contributed by atoms with Gasteiger partial charge in [0.05, 0.1) is 17.6 Å². The van der Waals surface area contributed by atoms with Crippen molar-refractivity contribution in [3.8, 4) is 0 Å². The van der Waals surface area contributed by atoms with E-state index in [9.17, 15) is 4.79 Å². The van der Waals surface area contributed by atoms with Gasteiger partial charge in [0.2, 0.25) is 0 Å². The summed E-state index contributed by atoms with van der Waals surface area (Å²) in [7, 11) is 0. The third kappa shape index (κ3) is 3.49. The minimum absolute atomic E-state index is 0.209. The van der Waals surface area contributed by atoms with Crippen molar-refractivity contribution in [1.82, 2.24) is 9.97 Å². The lowest BCUT2D eigenvalue weighted by molar-refractivity contribution is 0.103.